The summed E-state index contributed by atoms with van der Waals surface area (Å²) in [6.45, 7) is 6.62. The van der Waals surface area contributed by atoms with E-state index in [1.165, 1.54) is 225 Å². The van der Waals surface area contributed by atoms with E-state index in [4.69, 9.17) is 14.2 Å². The number of unbranched alkanes of at least 4 members (excludes halogenated alkanes) is 40. The Morgan fingerprint density at radius 3 is 0.781 bits per heavy atom. The third-order valence-electron chi connectivity index (χ3n) is 13.0. The van der Waals surface area contributed by atoms with E-state index in [2.05, 4.69) is 32.9 Å². The van der Waals surface area contributed by atoms with Crippen molar-refractivity contribution in [2.24, 2.45) is 0 Å². The first-order valence-electron chi connectivity index (χ1n) is 28.7. The molecule has 0 fully saturated rings. The van der Waals surface area contributed by atoms with Crippen LogP contribution in [0.2, 0.25) is 0 Å². The summed E-state index contributed by atoms with van der Waals surface area (Å²) in [5.41, 5.74) is 0. The van der Waals surface area contributed by atoms with Crippen molar-refractivity contribution in [3.05, 3.63) is 12.2 Å². The molecule has 0 radical (unpaired) electrons. The van der Waals surface area contributed by atoms with Crippen molar-refractivity contribution in [2.75, 3.05) is 13.2 Å². The summed E-state index contributed by atoms with van der Waals surface area (Å²) in [7, 11) is 0. The Balaban J connectivity index is 4.07. The fourth-order valence-corrected chi connectivity index (χ4v) is 8.68. The van der Waals surface area contributed by atoms with Crippen LogP contribution in [-0.2, 0) is 28.6 Å². The molecule has 0 aliphatic rings. The maximum atomic E-state index is 12.8. The maximum Gasteiger partial charge on any atom is 0.306 e. The zero-order valence-electron chi connectivity index (χ0n) is 43.3. The van der Waals surface area contributed by atoms with Crippen molar-refractivity contribution in [1.82, 2.24) is 0 Å². The first kappa shape index (κ1) is 62.1. The van der Waals surface area contributed by atoms with Crippen molar-refractivity contribution in [3.8, 4) is 0 Å². The third kappa shape index (κ3) is 51.1. The van der Waals surface area contributed by atoms with E-state index in [1.807, 2.05) is 0 Å². The summed E-state index contributed by atoms with van der Waals surface area (Å²) in [6.07, 6.45) is 61.0. The van der Waals surface area contributed by atoms with Gasteiger partial charge in [0.1, 0.15) is 13.2 Å². The topological polar surface area (TPSA) is 78.9 Å². The lowest BCUT2D eigenvalue weighted by molar-refractivity contribution is -0.167. The van der Waals surface area contributed by atoms with Gasteiger partial charge in [-0.2, -0.15) is 0 Å². The number of esters is 3. The number of carbonyl (C=O) groups is 3. The zero-order chi connectivity index (χ0) is 46.5. The van der Waals surface area contributed by atoms with E-state index in [0.717, 1.165) is 57.8 Å². The van der Waals surface area contributed by atoms with Crippen LogP contribution in [0.5, 0.6) is 0 Å². The summed E-state index contributed by atoms with van der Waals surface area (Å²) >= 11 is 0. The standard InChI is InChI=1S/C58H110O6/c1-4-7-10-13-16-18-20-22-24-26-27-28-29-30-31-33-34-36-38-40-42-45-48-51-57(60)63-54-55(53-62-56(59)50-47-44-15-12-9-6-3)64-58(61)52-49-46-43-41-39-37-35-32-25-23-21-19-17-14-11-8-5-2/h23,25,55H,4-22,24,26-54H2,1-3H3/b25-23-. The molecule has 0 heterocycles. The average molecular weight is 904 g/mol. The second-order valence-electron chi connectivity index (χ2n) is 19.6. The number of allylic oxidation sites excluding steroid dienone is 2. The molecule has 0 spiro atoms. The number of hydrogen-bond acceptors (Lipinski definition) is 6. The molecule has 6 nitrogen and oxygen atoms in total. The first-order chi connectivity index (χ1) is 31.5. The Kier molecular flexibility index (Phi) is 52.2. The van der Waals surface area contributed by atoms with E-state index in [9.17, 15) is 14.4 Å². The molecule has 64 heavy (non-hydrogen) atoms. The Bertz CT molecular complexity index is 993. The van der Waals surface area contributed by atoms with Crippen LogP contribution >= 0.6 is 0 Å². The Labute approximate surface area is 399 Å². The smallest absolute Gasteiger partial charge is 0.306 e. The predicted octanol–water partition coefficient (Wildman–Crippen LogP) is 18.9. The van der Waals surface area contributed by atoms with Crippen LogP contribution in [0.1, 0.15) is 323 Å². The summed E-state index contributed by atoms with van der Waals surface area (Å²) in [4.78, 5) is 37.8. The van der Waals surface area contributed by atoms with Crippen molar-refractivity contribution in [2.45, 2.75) is 329 Å². The van der Waals surface area contributed by atoms with Gasteiger partial charge in [-0.1, -0.05) is 270 Å². The van der Waals surface area contributed by atoms with Gasteiger partial charge in [0.15, 0.2) is 6.10 Å². The molecule has 1 unspecified atom stereocenters. The van der Waals surface area contributed by atoms with E-state index in [-0.39, 0.29) is 31.1 Å². The van der Waals surface area contributed by atoms with Gasteiger partial charge in [-0.25, -0.2) is 0 Å². The normalized spacial score (nSPS) is 12.0. The molecule has 1 atom stereocenters. The lowest BCUT2D eigenvalue weighted by Gasteiger charge is -2.18. The van der Waals surface area contributed by atoms with Gasteiger partial charge in [0, 0.05) is 19.3 Å². The predicted molar refractivity (Wildman–Crippen MR) is 275 cm³/mol. The molecule has 378 valence electrons. The van der Waals surface area contributed by atoms with Crippen LogP contribution in [0.3, 0.4) is 0 Å². The average Bonchev–Trinajstić information content (AvgIpc) is 3.29. The molecule has 0 aliphatic heterocycles. The SMILES string of the molecule is CCCCCCCC/C=C\CCCCCCCCCC(=O)OC(COC(=O)CCCCCCCC)COC(=O)CCCCCCCCCCCCCCCCCCCCCCCCC. The van der Waals surface area contributed by atoms with Crippen LogP contribution in [0, 0.1) is 0 Å². The van der Waals surface area contributed by atoms with Crippen molar-refractivity contribution in [3.63, 3.8) is 0 Å². The molecule has 0 saturated carbocycles. The molecule has 0 N–H and O–H groups in total. The number of carbonyl (C=O) groups excluding carboxylic acids is 3. The van der Waals surface area contributed by atoms with E-state index >= 15 is 0 Å². The molecule has 0 amide bonds. The number of ether oxygens (including phenoxy) is 3. The Morgan fingerprint density at radius 1 is 0.297 bits per heavy atom. The molecule has 6 heteroatoms. The van der Waals surface area contributed by atoms with Gasteiger partial charge in [-0.05, 0) is 44.9 Å². The highest BCUT2D eigenvalue weighted by molar-refractivity contribution is 5.71. The fourth-order valence-electron chi connectivity index (χ4n) is 8.68. The highest BCUT2D eigenvalue weighted by Gasteiger charge is 2.19. The third-order valence-corrected chi connectivity index (χ3v) is 13.0. The van der Waals surface area contributed by atoms with Crippen LogP contribution in [-0.4, -0.2) is 37.2 Å². The van der Waals surface area contributed by atoms with Gasteiger partial charge in [-0.3, -0.25) is 14.4 Å². The minimum absolute atomic E-state index is 0.0670. The summed E-state index contributed by atoms with van der Waals surface area (Å²) in [6, 6.07) is 0. The quantitative estimate of drug-likeness (QED) is 0.0262. The van der Waals surface area contributed by atoms with Crippen molar-refractivity contribution in [1.29, 1.82) is 0 Å². The van der Waals surface area contributed by atoms with Crippen molar-refractivity contribution >= 4 is 17.9 Å². The summed E-state index contributed by atoms with van der Waals surface area (Å²) in [5, 5.41) is 0. The zero-order valence-corrected chi connectivity index (χ0v) is 43.3. The van der Waals surface area contributed by atoms with E-state index in [0.29, 0.717) is 19.3 Å². The molecule has 0 aromatic rings. The lowest BCUT2D eigenvalue weighted by atomic mass is 10.0. The molecule has 0 aromatic carbocycles. The van der Waals surface area contributed by atoms with E-state index < -0.39 is 6.10 Å². The first-order valence-corrected chi connectivity index (χ1v) is 28.7. The van der Waals surface area contributed by atoms with Crippen LogP contribution < -0.4 is 0 Å². The second kappa shape index (κ2) is 53.8. The minimum atomic E-state index is -0.765. The molecule has 0 saturated heterocycles. The van der Waals surface area contributed by atoms with Gasteiger partial charge in [0.2, 0.25) is 0 Å². The van der Waals surface area contributed by atoms with E-state index in [1.54, 1.807) is 0 Å². The Morgan fingerprint density at radius 2 is 0.516 bits per heavy atom. The largest absolute Gasteiger partial charge is 0.462 e. The summed E-state index contributed by atoms with van der Waals surface area (Å²) < 4.78 is 16.8. The number of hydrogen-bond donors (Lipinski definition) is 0. The maximum absolute atomic E-state index is 12.8. The van der Waals surface area contributed by atoms with Gasteiger partial charge in [0.05, 0.1) is 0 Å². The molecule has 0 aromatic heterocycles. The fraction of sp³-hybridized carbons (Fsp3) is 0.914. The second-order valence-corrected chi connectivity index (χ2v) is 19.6. The monoisotopic (exact) mass is 903 g/mol. The molecule has 0 aliphatic carbocycles. The lowest BCUT2D eigenvalue weighted by Crippen LogP contribution is -2.30. The van der Waals surface area contributed by atoms with Crippen LogP contribution in [0.25, 0.3) is 0 Å². The Hall–Kier alpha value is -1.85. The summed E-state index contributed by atoms with van der Waals surface area (Å²) in [5.74, 6) is -0.861. The highest BCUT2D eigenvalue weighted by atomic mass is 16.6. The molecular weight excluding hydrogens is 793 g/mol. The molecule has 0 bridgehead atoms. The van der Waals surface area contributed by atoms with Gasteiger partial charge in [-0.15, -0.1) is 0 Å². The van der Waals surface area contributed by atoms with Gasteiger partial charge < -0.3 is 14.2 Å². The van der Waals surface area contributed by atoms with Crippen molar-refractivity contribution < 1.29 is 28.6 Å². The van der Waals surface area contributed by atoms with Gasteiger partial charge in [0.25, 0.3) is 0 Å². The van der Waals surface area contributed by atoms with Crippen LogP contribution in [0.15, 0.2) is 12.2 Å². The molecule has 0 rings (SSSR count). The van der Waals surface area contributed by atoms with Gasteiger partial charge >= 0.3 is 17.9 Å². The molecular formula is C58H110O6. The minimum Gasteiger partial charge on any atom is -0.462 e. The highest BCUT2D eigenvalue weighted by Crippen LogP contribution is 2.17. The van der Waals surface area contributed by atoms with Crippen LogP contribution in [0.4, 0.5) is 0 Å². The number of rotatable bonds is 53.